The van der Waals surface area contributed by atoms with Gasteiger partial charge in [-0.2, -0.15) is 8.78 Å². The second-order valence-corrected chi connectivity index (χ2v) is 7.91. The van der Waals surface area contributed by atoms with E-state index in [4.69, 9.17) is 4.74 Å². The summed E-state index contributed by atoms with van der Waals surface area (Å²) in [4.78, 5) is -2.21. The zero-order chi connectivity index (χ0) is 20.6. The second-order valence-electron chi connectivity index (χ2n) is 6.59. The molecule has 0 fully saturated rings. The summed E-state index contributed by atoms with van der Waals surface area (Å²) in [7, 11) is -5.75. The first kappa shape index (κ1) is 21.2. The highest BCUT2D eigenvalue weighted by atomic mass is 32.2. The molecule has 0 radical (unpaired) electrons. The van der Waals surface area contributed by atoms with Crippen LogP contribution < -0.4 is 4.74 Å². The molecule has 27 heavy (non-hydrogen) atoms. The zero-order valence-corrected chi connectivity index (χ0v) is 15.6. The van der Waals surface area contributed by atoms with Gasteiger partial charge in [0.15, 0.2) is 17.4 Å². The fourth-order valence-corrected chi connectivity index (χ4v) is 2.97. The summed E-state index contributed by atoms with van der Waals surface area (Å²) >= 11 is 0. The molecule has 0 aliphatic rings. The van der Waals surface area contributed by atoms with Crippen LogP contribution in [-0.4, -0.2) is 13.0 Å². The van der Waals surface area contributed by atoms with E-state index in [9.17, 15) is 30.5 Å². The van der Waals surface area contributed by atoms with Crippen LogP contribution in [0.2, 0.25) is 0 Å². The Labute approximate surface area is 154 Å². The molecule has 0 spiro atoms. The van der Waals surface area contributed by atoms with E-state index in [0.717, 1.165) is 12.0 Å². The van der Waals surface area contributed by atoms with Gasteiger partial charge in [-0.15, -0.1) is 0 Å². The Morgan fingerprint density at radius 1 is 0.963 bits per heavy atom. The summed E-state index contributed by atoms with van der Waals surface area (Å²) in [6.45, 7) is 5.68. The Balaban J connectivity index is 2.32. The van der Waals surface area contributed by atoms with Crippen molar-refractivity contribution in [3.63, 3.8) is 0 Å². The molecule has 0 saturated carbocycles. The normalized spacial score (nSPS) is 12.3. The number of benzene rings is 2. The predicted octanol–water partition coefficient (Wildman–Crippen LogP) is 4.41. The van der Waals surface area contributed by atoms with Gasteiger partial charge in [-0.3, -0.25) is 0 Å². The highest BCUT2D eigenvalue weighted by Crippen LogP contribution is 2.33. The molecule has 0 unspecified atom stereocenters. The molecule has 2 aromatic rings. The van der Waals surface area contributed by atoms with Gasteiger partial charge in [0.1, 0.15) is 21.6 Å². The number of hydrogen-bond donors (Lipinski definition) is 0. The molecule has 2 rings (SSSR count). The first-order valence-electron chi connectivity index (χ1n) is 7.94. The van der Waals surface area contributed by atoms with Crippen molar-refractivity contribution in [2.24, 2.45) is 0 Å². The molecule has 0 heterocycles. The lowest BCUT2D eigenvalue weighted by Gasteiger charge is -2.23. The van der Waals surface area contributed by atoms with E-state index >= 15 is 0 Å². The van der Waals surface area contributed by atoms with Gasteiger partial charge in [-0.25, -0.2) is 17.2 Å². The summed E-state index contributed by atoms with van der Waals surface area (Å²) in [5.41, 5.74) is 1.41. The molecule has 0 amide bonds. The van der Waals surface area contributed by atoms with E-state index in [1.165, 1.54) is 0 Å². The van der Waals surface area contributed by atoms with Crippen molar-refractivity contribution in [2.45, 2.75) is 44.1 Å². The number of rotatable bonds is 6. The summed E-state index contributed by atoms with van der Waals surface area (Å²) in [5.74, 6) is -10.3. The maximum atomic E-state index is 13.9. The smallest absolute Gasteiger partial charge is 0.205 e. The van der Waals surface area contributed by atoms with Crippen LogP contribution in [0.25, 0.3) is 0 Å². The summed E-state index contributed by atoms with van der Waals surface area (Å²) in [6.07, 6.45) is 0.882. The van der Waals surface area contributed by atoms with Gasteiger partial charge < -0.3 is 9.29 Å². The van der Waals surface area contributed by atoms with Crippen LogP contribution in [0.4, 0.5) is 17.6 Å². The van der Waals surface area contributed by atoms with E-state index in [0.29, 0.717) is 5.56 Å². The van der Waals surface area contributed by atoms with Crippen molar-refractivity contribution in [1.82, 2.24) is 0 Å². The topological polar surface area (TPSA) is 66.4 Å². The molecule has 2 aromatic carbocycles. The van der Waals surface area contributed by atoms with Crippen LogP contribution in [-0.2, 0) is 22.1 Å². The molecule has 0 N–H and O–H groups in total. The Morgan fingerprint density at radius 3 is 1.85 bits per heavy atom. The minimum atomic E-state index is -5.75. The van der Waals surface area contributed by atoms with Crippen LogP contribution in [0.15, 0.2) is 29.2 Å². The van der Waals surface area contributed by atoms with Crippen LogP contribution in [0.1, 0.15) is 38.3 Å². The minimum absolute atomic E-state index is 0.0798. The molecule has 4 nitrogen and oxygen atoms in total. The number of ether oxygens (including phenoxy) is 1. The summed E-state index contributed by atoms with van der Waals surface area (Å²) in [5, 5.41) is 0. The van der Waals surface area contributed by atoms with Crippen LogP contribution in [0, 0.1) is 23.3 Å². The van der Waals surface area contributed by atoms with Crippen molar-refractivity contribution in [3.05, 3.63) is 58.7 Å². The summed E-state index contributed by atoms with van der Waals surface area (Å²) in [6, 6.07) is 6.85. The first-order chi connectivity index (χ1) is 12.4. The predicted molar refractivity (Wildman–Crippen MR) is 88.3 cm³/mol. The third-order valence-corrected chi connectivity index (χ3v) is 5.29. The lowest BCUT2D eigenvalue weighted by Crippen LogP contribution is -2.15. The largest absolute Gasteiger partial charge is 0.744 e. The average molecular weight is 405 g/mol. The third-order valence-electron chi connectivity index (χ3n) is 4.44. The Morgan fingerprint density at radius 2 is 1.44 bits per heavy atom. The molecule has 0 atom stereocenters. The Hall–Kier alpha value is -2.13. The Bertz CT molecular complexity index is 925. The molecule has 9 heteroatoms. The van der Waals surface area contributed by atoms with Gasteiger partial charge in [0.05, 0.1) is 0 Å². The first-order valence-corrected chi connectivity index (χ1v) is 9.35. The lowest BCUT2D eigenvalue weighted by molar-refractivity contribution is 0.256. The highest BCUT2D eigenvalue weighted by Gasteiger charge is 2.30. The molecular formula is C18H17F4O4S-. The van der Waals surface area contributed by atoms with Gasteiger partial charge in [0, 0.05) is 0 Å². The van der Waals surface area contributed by atoms with Crippen LogP contribution in [0.5, 0.6) is 5.75 Å². The summed E-state index contributed by atoms with van der Waals surface area (Å²) < 4.78 is 92.4. The quantitative estimate of drug-likeness (QED) is 0.406. The molecular weight excluding hydrogens is 388 g/mol. The molecule has 0 bridgehead atoms. The van der Waals surface area contributed by atoms with Crippen molar-refractivity contribution >= 4 is 10.1 Å². The zero-order valence-electron chi connectivity index (χ0n) is 14.8. The second kappa shape index (κ2) is 7.47. The monoisotopic (exact) mass is 405 g/mol. The van der Waals surface area contributed by atoms with E-state index in [-0.39, 0.29) is 5.41 Å². The van der Waals surface area contributed by atoms with Crippen LogP contribution >= 0.6 is 0 Å². The minimum Gasteiger partial charge on any atom is -0.744 e. The fourth-order valence-electron chi connectivity index (χ4n) is 2.35. The number of hydrogen-bond acceptors (Lipinski definition) is 4. The maximum Gasteiger partial charge on any atom is 0.205 e. The van der Waals surface area contributed by atoms with Crippen molar-refractivity contribution in [1.29, 1.82) is 0 Å². The average Bonchev–Trinajstić information content (AvgIpc) is 2.59. The molecule has 0 aliphatic carbocycles. The fraction of sp³-hybridized carbons (Fsp3) is 0.333. The molecule has 0 aliphatic heterocycles. The van der Waals surface area contributed by atoms with Gasteiger partial charge in [0.25, 0.3) is 0 Å². The standard InChI is InChI=1S/C18H18F4O4S/c1-4-18(2,3)11-7-5-10(6-8-11)9-26-16-12(19)14(21)17(27(23,24)25)15(22)13(16)20/h5-8H,4,9H2,1-3H3,(H,23,24,25)/p-1. The van der Waals surface area contributed by atoms with Gasteiger partial charge >= 0.3 is 0 Å². The van der Waals surface area contributed by atoms with Gasteiger partial charge in [0.2, 0.25) is 11.6 Å². The number of halogens is 4. The van der Waals surface area contributed by atoms with Gasteiger partial charge in [-0.05, 0) is 23.0 Å². The van der Waals surface area contributed by atoms with Crippen molar-refractivity contribution in [2.75, 3.05) is 0 Å². The Kier molecular flexibility index (Phi) is 5.86. The molecule has 0 saturated heterocycles. The van der Waals surface area contributed by atoms with Crippen molar-refractivity contribution < 1.29 is 35.3 Å². The third kappa shape index (κ3) is 4.24. The van der Waals surface area contributed by atoms with E-state index in [1.54, 1.807) is 24.3 Å². The lowest BCUT2D eigenvalue weighted by atomic mass is 9.82. The van der Waals surface area contributed by atoms with Crippen molar-refractivity contribution in [3.8, 4) is 5.75 Å². The van der Waals surface area contributed by atoms with E-state index in [2.05, 4.69) is 0 Å². The molecule has 0 aromatic heterocycles. The van der Waals surface area contributed by atoms with Gasteiger partial charge in [-0.1, -0.05) is 45.0 Å². The van der Waals surface area contributed by atoms with E-state index in [1.807, 2.05) is 20.8 Å². The SMILES string of the molecule is CCC(C)(C)c1ccc(COc2c(F)c(F)c(S(=O)(=O)[O-])c(F)c2F)cc1. The highest BCUT2D eigenvalue weighted by molar-refractivity contribution is 7.85. The van der Waals surface area contributed by atoms with E-state index < -0.39 is 50.6 Å². The van der Waals surface area contributed by atoms with Crippen LogP contribution in [0.3, 0.4) is 0 Å². The maximum absolute atomic E-state index is 13.9. The molecule has 148 valence electrons.